The first-order valence-electron chi connectivity index (χ1n) is 9.93. The number of nitrogens with two attached hydrogens (primary N) is 1. The predicted molar refractivity (Wildman–Crippen MR) is 108 cm³/mol. The molecule has 2 N–H and O–H groups in total. The molecule has 0 aromatic heterocycles. The lowest BCUT2D eigenvalue weighted by Crippen LogP contribution is -2.55. The Morgan fingerprint density at radius 3 is 2.30 bits per heavy atom. The van der Waals surface area contributed by atoms with Gasteiger partial charge in [0.25, 0.3) is 5.91 Å². The zero-order chi connectivity index (χ0) is 20.7. The second kappa shape index (κ2) is 10.9. The van der Waals surface area contributed by atoms with Gasteiger partial charge in [0, 0.05) is 26.2 Å². The molecule has 0 spiro atoms. The number of rotatable bonds is 11. The van der Waals surface area contributed by atoms with E-state index in [1.54, 1.807) is 37.5 Å². The van der Waals surface area contributed by atoms with Crippen molar-refractivity contribution in [2.75, 3.05) is 47.0 Å². The van der Waals surface area contributed by atoms with Gasteiger partial charge in [-0.1, -0.05) is 26.2 Å². The summed E-state index contributed by atoms with van der Waals surface area (Å²) in [4.78, 5) is 14.4. The molecule has 0 aliphatic carbocycles. The van der Waals surface area contributed by atoms with Gasteiger partial charge < -0.3 is 19.9 Å². The van der Waals surface area contributed by atoms with Gasteiger partial charge in [-0.2, -0.15) is 0 Å². The zero-order valence-electron chi connectivity index (χ0n) is 17.9. The summed E-state index contributed by atoms with van der Waals surface area (Å²) in [5, 5.41) is 0. The molecular formula is C18H39N4O4P. The lowest BCUT2D eigenvalue weighted by Gasteiger charge is -2.42. The van der Waals surface area contributed by atoms with Crippen molar-refractivity contribution in [3.8, 4) is 0 Å². The second-order valence-corrected chi connectivity index (χ2v) is 10.4. The summed E-state index contributed by atoms with van der Waals surface area (Å²) in [7, 11) is 0.470. The fraction of sp³-hybridized carbons (Fsp3) is 0.944. The van der Waals surface area contributed by atoms with Crippen LogP contribution in [0.1, 0.15) is 53.4 Å². The molecule has 0 aromatic rings. The van der Waals surface area contributed by atoms with Crippen LogP contribution in [0.3, 0.4) is 0 Å². The predicted octanol–water partition coefficient (Wildman–Crippen LogP) is 2.50. The molecule has 1 aliphatic heterocycles. The molecule has 1 heterocycles. The van der Waals surface area contributed by atoms with E-state index < -0.39 is 13.3 Å². The Kier molecular flexibility index (Phi) is 9.89. The van der Waals surface area contributed by atoms with Crippen LogP contribution in [-0.4, -0.2) is 78.9 Å². The van der Waals surface area contributed by atoms with Gasteiger partial charge in [0.2, 0.25) is 0 Å². The van der Waals surface area contributed by atoms with Gasteiger partial charge in [0.15, 0.2) is 0 Å². The summed E-state index contributed by atoms with van der Waals surface area (Å²) in [5.74, 6) is -0.0962. The molecule has 1 fully saturated rings. The Morgan fingerprint density at radius 1 is 1.22 bits per heavy atom. The highest BCUT2D eigenvalue weighted by molar-refractivity contribution is 7.53. The number of amides is 1. The van der Waals surface area contributed by atoms with Crippen LogP contribution in [0.2, 0.25) is 0 Å². The van der Waals surface area contributed by atoms with Crippen molar-refractivity contribution in [1.82, 2.24) is 14.2 Å². The molecule has 1 amide bonds. The van der Waals surface area contributed by atoms with Crippen molar-refractivity contribution in [2.45, 2.75) is 65.1 Å². The van der Waals surface area contributed by atoms with Crippen LogP contribution in [0.15, 0.2) is 0 Å². The van der Waals surface area contributed by atoms with E-state index in [-0.39, 0.29) is 18.7 Å². The first-order valence-corrected chi connectivity index (χ1v) is 11.5. The van der Waals surface area contributed by atoms with Crippen molar-refractivity contribution < 1.29 is 18.6 Å². The van der Waals surface area contributed by atoms with Crippen LogP contribution >= 0.6 is 7.67 Å². The normalized spacial score (nSPS) is 19.9. The first kappa shape index (κ1) is 24.5. The number of piperazine rings is 1. The van der Waals surface area contributed by atoms with Crippen molar-refractivity contribution in [3.05, 3.63) is 0 Å². The number of hydrogen-bond donors (Lipinski definition) is 1. The number of ether oxygens (including phenoxy) is 1. The topological polar surface area (TPSA) is 88.3 Å². The minimum atomic E-state index is -3.10. The summed E-state index contributed by atoms with van der Waals surface area (Å²) in [5.41, 5.74) is 4.47. The maximum Gasteiger partial charge on any atom is 0.345 e. The highest BCUT2D eigenvalue weighted by Crippen LogP contribution is 2.54. The van der Waals surface area contributed by atoms with E-state index in [1.165, 1.54) is 0 Å². The Balaban J connectivity index is 2.70. The average molecular weight is 407 g/mol. The third-order valence-corrected chi connectivity index (χ3v) is 7.66. The summed E-state index contributed by atoms with van der Waals surface area (Å²) >= 11 is 0. The van der Waals surface area contributed by atoms with Crippen molar-refractivity contribution in [1.29, 1.82) is 0 Å². The molecule has 0 bridgehead atoms. The van der Waals surface area contributed by atoms with E-state index >= 15 is 0 Å². The first-order chi connectivity index (χ1) is 12.6. The Bertz CT molecular complexity index is 508. The summed E-state index contributed by atoms with van der Waals surface area (Å²) in [6.45, 7) is 9.57. The van der Waals surface area contributed by atoms with E-state index in [9.17, 15) is 9.36 Å². The molecule has 0 aromatic carbocycles. The third kappa shape index (κ3) is 6.80. The maximum atomic E-state index is 13.6. The van der Waals surface area contributed by atoms with Gasteiger partial charge in [-0.25, -0.2) is 9.34 Å². The van der Waals surface area contributed by atoms with Gasteiger partial charge in [-0.15, -0.1) is 0 Å². The molecule has 160 valence electrons. The lowest BCUT2D eigenvalue weighted by atomic mass is 10.1. The van der Waals surface area contributed by atoms with Crippen molar-refractivity contribution in [2.24, 2.45) is 5.73 Å². The number of unbranched alkanes of at least 4 members (excludes halogenated alkanes) is 2. The van der Waals surface area contributed by atoms with Crippen LogP contribution in [0.4, 0.5) is 0 Å². The van der Waals surface area contributed by atoms with Crippen molar-refractivity contribution in [3.63, 3.8) is 0 Å². The summed E-state index contributed by atoms with van der Waals surface area (Å²) < 4.78 is 28.5. The number of hydrogen-bond acceptors (Lipinski definition) is 5. The zero-order valence-corrected chi connectivity index (χ0v) is 18.8. The Hall–Kier alpha value is -0.500. The molecule has 1 saturated heterocycles. The standard InChI is InChI=1S/C18H39N4O4P/c1-7-8-9-10-16(2)26-27(24,20(5)6)22-13-11-21(12-14-22)17(23)18(3,4)25-15-19/h16H,7-15,19H2,1-6H3. The molecule has 0 saturated carbocycles. The van der Waals surface area contributed by atoms with Gasteiger partial charge in [-0.05, 0) is 41.3 Å². The molecule has 27 heavy (non-hydrogen) atoms. The monoisotopic (exact) mass is 406 g/mol. The van der Waals surface area contributed by atoms with Crippen LogP contribution in [0.25, 0.3) is 0 Å². The van der Waals surface area contributed by atoms with Gasteiger partial charge in [0.05, 0.1) is 12.8 Å². The molecule has 9 heteroatoms. The fourth-order valence-electron chi connectivity index (χ4n) is 3.19. The summed E-state index contributed by atoms with van der Waals surface area (Å²) in [6.07, 6.45) is 4.21. The number of carbonyl (C=O) groups excluding carboxylic acids is 1. The largest absolute Gasteiger partial charge is 0.351 e. The van der Waals surface area contributed by atoms with Gasteiger partial charge in [0.1, 0.15) is 5.60 Å². The van der Waals surface area contributed by atoms with E-state index in [0.717, 1.165) is 25.7 Å². The van der Waals surface area contributed by atoms with Crippen LogP contribution < -0.4 is 5.73 Å². The molecule has 2 atom stereocenters. The highest BCUT2D eigenvalue weighted by atomic mass is 31.2. The fourth-order valence-corrected chi connectivity index (χ4v) is 5.27. The Labute approximate surface area is 164 Å². The molecule has 8 nitrogen and oxygen atoms in total. The van der Waals surface area contributed by atoms with E-state index in [2.05, 4.69) is 6.92 Å². The number of nitrogens with zero attached hydrogens (tertiary/aromatic N) is 3. The minimum absolute atomic E-state index is 0.00169. The van der Waals surface area contributed by atoms with E-state index in [4.69, 9.17) is 15.0 Å². The smallest absolute Gasteiger partial charge is 0.345 e. The third-order valence-electron chi connectivity index (χ3n) is 4.90. The van der Waals surface area contributed by atoms with E-state index in [1.807, 2.05) is 11.6 Å². The second-order valence-electron chi connectivity index (χ2n) is 7.82. The quantitative estimate of drug-likeness (QED) is 0.320. The van der Waals surface area contributed by atoms with Gasteiger partial charge in [-0.3, -0.25) is 9.36 Å². The molecule has 0 radical (unpaired) electrons. The van der Waals surface area contributed by atoms with Gasteiger partial charge >= 0.3 is 7.67 Å². The molecule has 1 aliphatic rings. The molecule has 1 rings (SSSR count). The number of carbonyl (C=O) groups is 1. The van der Waals surface area contributed by atoms with Crippen LogP contribution in [0.5, 0.6) is 0 Å². The molecule has 2 unspecified atom stereocenters. The maximum absolute atomic E-state index is 13.6. The van der Waals surface area contributed by atoms with Crippen LogP contribution in [-0.2, 0) is 18.6 Å². The van der Waals surface area contributed by atoms with E-state index in [0.29, 0.717) is 26.2 Å². The van der Waals surface area contributed by atoms with Crippen LogP contribution in [0, 0.1) is 0 Å². The highest BCUT2D eigenvalue weighted by Gasteiger charge is 2.41. The summed E-state index contributed by atoms with van der Waals surface area (Å²) in [6, 6.07) is 0. The molecular weight excluding hydrogens is 367 g/mol. The lowest BCUT2D eigenvalue weighted by molar-refractivity contribution is -0.155. The Morgan fingerprint density at radius 2 is 1.81 bits per heavy atom. The SMILES string of the molecule is CCCCCC(C)OP(=O)(N(C)C)N1CCN(C(=O)C(C)(C)OCN)CC1. The minimum Gasteiger partial charge on any atom is -0.351 e. The van der Waals surface area contributed by atoms with Crippen molar-refractivity contribution >= 4 is 13.6 Å². The average Bonchev–Trinajstić information content (AvgIpc) is 2.61.